The van der Waals surface area contributed by atoms with Gasteiger partial charge in [0, 0.05) is 11.9 Å². The summed E-state index contributed by atoms with van der Waals surface area (Å²) in [6, 6.07) is 7.04. The highest BCUT2D eigenvalue weighted by Gasteiger charge is 2.17. The first-order chi connectivity index (χ1) is 14.8. The number of halogens is 1. The van der Waals surface area contributed by atoms with Gasteiger partial charge >= 0.3 is 0 Å². The first-order valence-corrected chi connectivity index (χ1v) is 9.55. The lowest BCUT2D eigenvalue weighted by molar-refractivity contribution is 0.101. The van der Waals surface area contributed by atoms with E-state index in [1.54, 1.807) is 13.0 Å². The van der Waals surface area contributed by atoms with E-state index in [0.717, 1.165) is 6.07 Å². The van der Waals surface area contributed by atoms with E-state index in [1.165, 1.54) is 30.7 Å². The Labute approximate surface area is 176 Å². The van der Waals surface area contributed by atoms with Crippen LogP contribution in [-0.4, -0.2) is 22.0 Å². The summed E-state index contributed by atoms with van der Waals surface area (Å²) in [5.41, 5.74) is 1.88. The van der Waals surface area contributed by atoms with Gasteiger partial charge in [0.2, 0.25) is 0 Å². The van der Waals surface area contributed by atoms with Crippen molar-refractivity contribution in [2.75, 3.05) is 10.6 Å². The Morgan fingerprint density at radius 3 is 2.61 bits per heavy atom. The number of aryl methyl sites for hydroxylation is 1. The molecule has 0 bridgehead atoms. The maximum absolute atomic E-state index is 14.2. The molecule has 2 N–H and O–H groups in total. The summed E-state index contributed by atoms with van der Waals surface area (Å²) in [4.78, 5) is 29.2. The molecular formula is C22H19FN4O4. The fourth-order valence-electron chi connectivity index (χ4n) is 3.10. The van der Waals surface area contributed by atoms with Crippen LogP contribution in [0.1, 0.15) is 51.9 Å². The van der Waals surface area contributed by atoms with E-state index < -0.39 is 17.6 Å². The van der Waals surface area contributed by atoms with Gasteiger partial charge in [-0.3, -0.25) is 9.59 Å². The van der Waals surface area contributed by atoms with Crippen LogP contribution in [0.25, 0.3) is 11.1 Å². The van der Waals surface area contributed by atoms with Crippen molar-refractivity contribution in [3.63, 3.8) is 0 Å². The van der Waals surface area contributed by atoms with Crippen molar-refractivity contribution in [3.8, 4) is 0 Å². The number of nitrogens with zero attached hydrogens (tertiary/aromatic N) is 2. The largest absolute Gasteiger partial charge is 0.469 e. The molecule has 0 aliphatic carbocycles. The zero-order valence-corrected chi connectivity index (χ0v) is 17.0. The number of carbonyl (C=O) groups excluding carboxylic acids is 2. The maximum atomic E-state index is 14.2. The van der Waals surface area contributed by atoms with Gasteiger partial charge in [-0.25, -0.2) is 9.37 Å². The number of benzene rings is 1. The SMILES string of the molecule is Cc1occc1C(=O)Nc1cc(NC(=O)c2cnc3onc(C(C)C)c3c2)ccc1F. The van der Waals surface area contributed by atoms with Gasteiger partial charge in [-0.05, 0) is 43.2 Å². The van der Waals surface area contributed by atoms with Gasteiger partial charge in [-0.1, -0.05) is 19.0 Å². The summed E-state index contributed by atoms with van der Waals surface area (Å²) in [7, 11) is 0. The van der Waals surface area contributed by atoms with E-state index in [2.05, 4.69) is 20.8 Å². The molecule has 0 fully saturated rings. The highest BCUT2D eigenvalue weighted by molar-refractivity contribution is 6.07. The molecule has 3 heterocycles. The van der Waals surface area contributed by atoms with Crippen molar-refractivity contribution in [1.29, 1.82) is 0 Å². The number of carbonyl (C=O) groups is 2. The Kier molecular flexibility index (Phi) is 5.24. The van der Waals surface area contributed by atoms with Gasteiger partial charge in [-0.15, -0.1) is 0 Å². The highest BCUT2D eigenvalue weighted by Crippen LogP contribution is 2.25. The first kappa shape index (κ1) is 20.3. The molecule has 2 amide bonds. The average Bonchev–Trinajstić information content (AvgIpc) is 3.36. The van der Waals surface area contributed by atoms with Gasteiger partial charge < -0.3 is 19.6 Å². The van der Waals surface area contributed by atoms with Crippen LogP contribution in [0.15, 0.2) is 51.7 Å². The van der Waals surface area contributed by atoms with Crippen molar-refractivity contribution in [1.82, 2.24) is 10.1 Å². The Morgan fingerprint density at radius 2 is 1.90 bits per heavy atom. The average molecular weight is 422 g/mol. The number of pyridine rings is 1. The van der Waals surface area contributed by atoms with Crippen LogP contribution in [-0.2, 0) is 0 Å². The number of hydrogen-bond acceptors (Lipinski definition) is 6. The third-order valence-electron chi connectivity index (χ3n) is 4.74. The molecule has 0 radical (unpaired) electrons. The Morgan fingerprint density at radius 1 is 1.10 bits per heavy atom. The Hall–Kier alpha value is -4.01. The predicted molar refractivity (Wildman–Crippen MR) is 112 cm³/mol. The number of anilines is 2. The van der Waals surface area contributed by atoms with Gasteiger partial charge in [-0.2, -0.15) is 0 Å². The number of fused-ring (bicyclic) bond motifs is 1. The summed E-state index contributed by atoms with van der Waals surface area (Å²) in [6.07, 6.45) is 2.75. The Balaban J connectivity index is 1.55. The lowest BCUT2D eigenvalue weighted by Gasteiger charge is -2.10. The smallest absolute Gasteiger partial charge is 0.259 e. The van der Waals surface area contributed by atoms with Crippen LogP contribution >= 0.6 is 0 Å². The van der Waals surface area contributed by atoms with E-state index in [-0.39, 0.29) is 11.6 Å². The molecule has 0 saturated heterocycles. The fourth-order valence-corrected chi connectivity index (χ4v) is 3.10. The molecule has 0 atom stereocenters. The van der Waals surface area contributed by atoms with Crippen LogP contribution in [0.2, 0.25) is 0 Å². The van der Waals surface area contributed by atoms with Crippen molar-refractivity contribution in [2.45, 2.75) is 26.7 Å². The number of aromatic nitrogens is 2. The van der Waals surface area contributed by atoms with Crippen molar-refractivity contribution in [2.24, 2.45) is 0 Å². The third-order valence-corrected chi connectivity index (χ3v) is 4.74. The molecule has 8 nitrogen and oxygen atoms in total. The molecule has 3 aromatic heterocycles. The second-order valence-corrected chi connectivity index (χ2v) is 7.29. The predicted octanol–water partition coefficient (Wildman–Crippen LogP) is 4.89. The van der Waals surface area contributed by atoms with Crippen molar-refractivity contribution >= 4 is 34.3 Å². The van der Waals surface area contributed by atoms with E-state index in [1.807, 2.05) is 13.8 Å². The number of furan rings is 1. The monoisotopic (exact) mass is 422 g/mol. The van der Waals surface area contributed by atoms with Gasteiger partial charge in [0.25, 0.3) is 17.5 Å². The van der Waals surface area contributed by atoms with E-state index in [4.69, 9.17) is 8.94 Å². The van der Waals surface area contributed by atoms with Crippen LogP contribution in [0.4, 0.5) is 15.8 Å². The zero-order valence-electron chi connectivity index (χ0n) is 17.0. The highest BCUT2D eigenvalue weighted by atomic mass is 19.1. The summed E-state index contributed by atoms with van der Waals surface area (Å²) in [5, 5.41) is 9.83. The quantitative estimate of drug-likeness (QED) is 0.474. The van der Waals surface area contributed by atoms with E-state index in [9.17, 15) is 14.0 Å². The standard InChI is InChI=1S/C22H19FN4O4/c1-11(2)19-16-8-13(10-24-22(16)31-27-19)20(28)25-14-4-5-17(23)18(9-14)26-21(29)15-6-7-30-12(15)3/h4-11H,1-3H3,(H,25,28)(H,26,29). The molecule has 4 rings (SSSR count). The molecule has 4 aromatic rings. The molecular weight excluding hydrogens is 403 g/mol. The minimum Gasteiger partial charge on any atom is -0.469 e. The molecule has 1 aromatic carbocycles. The molecule has 0 aliphatic heterocycles. The van der Waals surface area contributed by atoms with Crippen LogP contribution in [0.3, 0.4) is 0 Å². The van der Waals surface area contributed by atoms with E-state index >= 15 is 0 Å². The second-order valence-electron chi connectivity index (χ2n) is 7.29. The molecule has 0 unspecified atom stereocenters. The van der Waals surface area contributed by atoms with Gasteiger partial charge in [0.05, 0.1) is 34.2 Å². The fraction of sp³-hybridized carbons (Fsp3) is 0.182. The first-order valence-electron chi connectivity index (χ1n) is 9.55. The summed E-state index contributed by atoms with van der Waals surface area (Å²) in [5.74, 6) is -1.08. The summed E-state index contributed by atoms with van der Waals surface area (Å²) in [6.45, 7) is 5.56. The van der Waals surface area contributed by atoms with Crippen LogP contribution in [0, 0.1) is 12.7 Å². The van der Waals surface area contributed by atoms with Crippen molar-refractivity contribution < 1.29 is 22.9 Å². The molecule has 0 aliphatic rings. The van der Waals surface area contributed by atoms with Gasteiger partial charge in [0.1, 0.15) is 11.6 Å². The minimum absolute atomic E-state index is 0.0712. The topological polar surface area (TPSA) is 110 Å². The zero-order chi connectivity index (χ0) is 22.1. The third kappa shape index (κ3) is 4.02. The lowest BCUT2D eigenvalue weighted by Crippen LogP contribution is -2.15. The molecule has 158 valence electrons. The summed E-state index contributed by atoms with van der Waals surface area (Å²) >= 11 is 0. The number of amides is 2. The maximum Gasteiger partial charge on any atom is 0.259 e. The number of nitrogens with one attached hydrogen (secondary N) is 2. The normalized spacial score (nSPS) is 11.1. The number of rotatable bonds is 5. The Bertz CT molecular complexity index is 1290. The summed E-state index contributed by atoms with van der Waals surface area (Å²) < 4.78 is 24.5. The van der Waals surface area contributed by atoms with Gasteiger partial charge in [0.15, 0.2) is 0 Å². The molecule has 31 heavy (non-hydrogen) atoms. The second kappa shape index (κ2) is 8.02. The number of hydrogen-bond donors (Lipinski definition) is 2. The van der Waals surface area contributed by atoms with Crippen LogP contribution < -0.4 is 10.6 Å². The lowest BCUT2D eigenvalue weighted by atomic mass is 10.1. The van der Waals surface area contributed by atoms with Crippen molar-refractivity contribution in [3.05, 3.63) is 71.2 Å². The van der Waals surface area contributed by atoms with E-state index in [0.29, 0.717) is 39.4 Å². The molecule has 0 saturated carbocycles. The molecule has 9 heteroatoms. The minimum atomic E-state index is -0.637. The van der Waals surface area contributed by atoms with Crippen LogP contribution in [0.5, 0.6) is 0 Å². The molecule has 0 spiro atoms.